The standard InChI is InChI=1S/C30H40N2O4/c1-34-27-14-7-11-24(28(27)35-2)21-31-19-16-30(17-20-31)15-6-5-10-23-9-3-4-13-26(23)36-22-25-12-8-18-32(25)29(30)33/h3-4,7,9,11,13-14,25H,5-6,8,10,12,15-22H2,1-2H3/t25-/m1/s1. The minimum Gasteiger partial charge on any atom is -0.493 e. The normalized spacial score (nSPS) is 22.7. The Morgan fingerprint density at radius 3 is 2.58 bits per heavy atom. The van der Waals surface area contributed by atoms with E-state index in [-0.39, 0.29) is 11.5 Å². The minimum atomic E-state index is -0.254. The third-order valence-electron chi connectivity index (χ3n) is 8.54. The van der Waals surface area contributed by atoms with Crippen LogP contribution in [-0.2, 0) is 17.8 Å². The molecular weight excluding hydrogens is 452 g/mol. The lowest BCUT2D eigenvalue weighted by Crippen LogP contribution is -2.52. The van der Waals surface area contributed by atoms with Crippen LogP contribution in [0.25, 0.3) is 0 Å². The maximum atomic E-state index is 14.1. The van der Waals surface area contributed by atoms with Gasteiger partial charge in [-0.15, -0.1) is 0 Å². The lowest BCUT2D eigenvalue weighted by molar-refractivity contribution is -0.147. The molecule has 0 radical (unpaired) electrons. The summed E-state index contributed by atoms with van der Waals surface area (Å²) in [7, 11) is 3.38. The highest BCUT2D eigenvalue weighted by molar-refractivity contribution is 5.83. The van der Waals surface area contributed by atoms with Gasteiger partial charge in [0.05, 0.1) is 25.7 Å². The first-order chi connectivity index (χ1) is 17.6. The average Bonchev–Trinajstić information content (AvgIpc) is 3.39. The number of methoxy groups -OCH3 is 2. The van der Waals surface area contributed by atoms with Crippen LogP contribution < -0.4 is 14.2 Å². The van der Waals surface area contributed by atoms with Gasteiger partial charge in [0.25, 0.3) is 0 Å². The van der Waals surface area contributed by atoms with Crippen LogP contribution in [0.3, 0.4) is 0 Å². The molecule has 0 saturated carbocycles. The summed E-state index contributed by atoms with van der Waals surface area (Å²) in [6, 6.07) is 14.7. The molecular formula is C30H40N2O4. The van der Waals surface area contributed by atoms with Crippen molar-refractivity contribution in [2.24, 2.45) is 5.41 Å². The van der Waals surface area contributed by atoms with E-state index in [1.165, 1.54) is 5.56 Å². The third-order valence-corrected chi connectivity index (χ3v) is 8.54. The van der Waals surface area contributed by atoms with E-state index in [1.54, 1.807) is 14.2 Å². The number of rotatable bonds is 4. The SMILES string of the molecule is COc1cccc(CN2CCC3(CCCCc4ccccc4OC[C@H]4CCCN4C3=O)CC2)c1OC. The zero-order valence-electron chi connectivity index (χ0n) is 21.8. The molecule has 0 N–H and O–H groups in total. The van der Waals surface area contributed by atoms with Crippen molar-refractivity contribution in [1.82, 2.24) is 9.80 Å². The van der Waals surface area contributed by atoms with Gasteiger partial charge in [-0.05, 0) is 75.7 Å². The first-order valence-corrected chi connectivity index (χ1v) is 13.6. The van der Waals surface area contributed by atoms with Crippen molar-refractivity contribution in [2.75, 3.05) is 40.5 Å². The monoisotopic (exact) mass is 492 g/mol. The molecule has 1 spiro atoms. The third kappa shape index (κ3) is 5.06. The van der Waals surface area contributed by atoms with Crippen LogP contribution in [0.1, 0.15) is 56.1 Å². The number of carbonyl (C=O) groups is 1. The molecule has 6 heteroatoms. The molecule has 2 aromatic rings. The van der Waals surface area contributed by atoms with Gasteiger partial charge in [0.1, 0.15) is 12.4 Å². The van der Waals surface area contributed by atoms with Crippen molar-refractivity contribution in [3.8, 4) is 17.2 Å². The second-order valence-electron chi connectivity index (χ2n) is 10.6. The summed E-state index contributed by atoms with van der Waals surface area (Å²) in [5, 5.41) is 0. The van der Waals surface area contributed by atoms with Gasteiger partial charge in [0.2, 0.25) is 5.91 Å². The van der Waals surface area contributed by atoms with Gasteiger partial charge in [-0.3, -0.25) is 9.69 Å². The quantitative estimate of drug-likeness (QED) is 0.596. The number of aryl methyl sites for hydroxylation is 1. The molecule has 2 fully saturated rings. The van der Waals surface area contributed by atoms with Crippen LogP contribution in [-0.4, -0.2) is 62.2 Å². The lowest BCUT2D eigenvalue weighted by atomic mass is 9.72. The molecule has 194 valence electrons. The van der Waals surface area contributed by atoms with Crippen molar-refractivity contribution >= 4 is 5.91 Å². The van der Waals surface area contributed by atoms with E-state index in [9.17, 15) is 4.79 Å². The summed E-state index contributed by atoms with van der Waals surface area (Å²) in [5.41, 5.74) is 2.18. The molecule has 5 rings (SSSR count). The van der Waals surface area contributed by atoms with E-state index >= 15 is 0 Å². The Bertz CT molecular complexity index is 1050. The van der Waals surface area contributed by atoms with Crippen LogP contribution in [0.15, 0.2) is 42.5 Å². The number of fused-ring (bicyclic) bond motifs is 2. The van der Waals surface area contributed by atoms with Crippen LogP contribution in [0, 0.1) is 5.41 Å². The number of carbonyl (C=O) groups excluding carboxylic acids is 1. The molecule has 0 bridgehead atoms. The molecule has 2 aromatic carbocycles. The Labute approximate surface area is 215 Å². The van der Waals surface area contributed by atoms with E-state index in [2.05, 4.69) is 34.1 Å². The highest BCUT2D eigenvalue weighted by Crippen LogP contribution is 2.42. The van der Waals surface area contributed by atoms with Gasteiger partial charge in [0.15, 0.2) is 11.5 Å². The van der Waals surface area contributed by atoms with Crippen LogP contribution in [0.4, 0.5) is 0 Å². The summed E-state index contributed by atoms with van der Waals surface area (Å²) >= 11 is 0. The second kappa shape index (κ2) is 11.1. The zero-order valence-corrected chi connectivity index (χ0v) is 21.8. The Morgan fingerprint density at radius 2 is 1.78 bits per heavy atom. The number of ether oxygens (including phenoxy) is 3. The molecule has 3 heterocycles. The van der Waals surface area contributed by atoms with Gasteiger partial charge < -0.3 is 19.1 Å². The van der Waals surface area contributed by atoms with Crippen molar-refractivity contribution in [1.29, 1.82) is 0 Å². The van der Waals surface area contributed by atoms with Crippen LogP contribution >= 0.6 is 0 Å². The number of hydrogen-bond acceptors (Lipinski definition) is 5. The van der Waals surface area contributed by atoms with Crippen molar-refractivity contribution < 1.29 is 19.0 Å². The fraction of sp³-hybridized carbons (Fsp3) is 0.567. The van der Waals surface area contributed by atoms with Crippen molar-refractivity contribution in [2.45, 2.75) is 64.0 Å². The van der Waals surface area contributed by atoms with E-state index in [0.717, 1.165) is 100 Å². The lowest BCUT2D eigenvalue weighted by Gasteiger charge is -2.44. The van der Waals surface area contributed by atoms with Gasteiger partial charge in [0, 0.05) is 18.7 Å². The molecule has 2 saturated heterocycles. The van der Waals surface area contributed by atoms with Gasteiger partial charge >= 0.3 is 0 Å². The Kier molecular flexibility index (Phi) is 7.70. The van der Waals surface area contributed by atoms with Crippen LogP contribution in [0.2, 0.25) is 0 Å². The van der Waals surface area contributed by atoms with Crippen molar-refractivity contribution in [3.63, 3.8) is 0 Å². The summed E-state index contributed by atoms with van der Waals surface area (Å²) in [5.74, 6) is 2.94. The molecule has 3 aliphatic rings. The summed E-state index contributed by atoms with van der Waals surface area (Å²) in [6.45, 7) is 4.11. The highest BCUT2D eigenvalue weighted by Gasteiger charge is 2.45. The van der Waals surface area contributed by atoms with E-state index in [1.807, 2.05) is 18.2 Å². The molecule has 1 amide bonds. The number of hydrogen-bond donors (Lipinski definition) is 0. The number of amides is 1. The maximum Gasteiger partial charge on any atom is 0.229 e. The molecule has 36 heavy (non-hydrogen) atoms. The molecule has 0 aromatic heterocycles. The van der Waals surface area contributed by atoms with Crippen molar-refractivity contribution in [3.05, 3.63) is 53.6 Å². The number of nitrogens with zero attached hydrogens (tertiary/aromatic N) is 2. The van der Waals surface area contributed by atoms with E-state index in [0.29, 0.717) is 12.5 Å². The smallest absolute Gasteiger partial charge is 0.229 e. The first kappa shape index (κ1) is 24.9. The topological polar surface area (TPSA) is 51.2 Å². The molecule has 0 aliphatic carbocycles. The van der Waals surface area contributed by atoms with Gasteiger partial charge in [-0.2, -0.15) is 0 Å². The number of likely N-dealkylation sites (tertiary alicyclic amines) is 1. The molecule has 1 atom stereocenters. The Hall–Kier alpha value is -2.73. The molecule has 0 unspecified atom stereocenters. The predicted molar refractivity (Wildman–Crippen MR) is 141 cm³/mol. The van der Waals surface area contributed by atoms with Crippen LogP contribution in [0.5, 0.6) is 17.2 Å². The minimum absolute atomic E-state index is 0.181. The molecule has 3 aliphatic heterocycles. The number of benzene rings is 2. The largest absolute Gasteiger partial charge is 0.493 e. The van der Waals surface area contributed by atoms with Gasteiger partial charge in [-0.1, -0.05) is 36.8 Å². The first-order valence-electron chi connectivity index (χ1n) is 13.6. The molecule has 6 nitrogen and oxygen atoms in total. The summed E-state index contributed by atoms with van der Waals surface area (Å²) in [4.78, 5) is 18.8. The van der Waals surface area contributed by atoms with E-state index < -0.39 is 0 Å². The highest BCUT2D eigenvalue weighted by atomic mass is 16.5. The number of piperidine rings is 1. The maximum absolute atomic E-state index is 14.1. The second-order valence-corrected chi connectivity index (χ2v) is 10.6. The Balaban J connectivity index is 1.31. The number of para-hydroxylation sites is 2. The van der Waals surface area contributed by atoms with Gasteiger partial charge in [-0.25, -0.2) is 0 Å². The average molecular weight is 493 g/mol. The predicted octanol–water partition coefficient (Wildman–Crippen LogP) is 5.08. The summed E-state index contributed by atoms with van der Waals surface area (Å²) < 4.78 is 17.5. The summed E-state index contributed by atoms with van der Waals surface area (Å²) in [6.07, 6.45) is 8.08. The Morgan fingerprint density at radius 1 is 0.944 bits per heavy atom. The zero-order chi connectivity index (χ0) is 25.0. The van der Waals surface area contributed by atoms with E-state index in [4.69, 9.17) is 14.2 Å². The fourth-order valence-electron chi connectivity index (χ4n) is 6.43. The fourth-order valence-corrected chi connectivity index (χ4v) is 6.43.